The van der Waals surface area contributed by atoms with Crippen molar-refractivity contribution in [2.24, 2.45) is 0 Å². The molecule has 0 aromatic rings. The fourth-order valence-corrected chi connectivity index (χ4v) is 3.25. The Morgan fingerprint density at radius 2 is 1.91 bits per heavy atom. The highest BCUT2D eigenvalue weighted by molar-refractivity contribution is 5.69. The molecule has 0 aromatic carbocycles. The van der Waals surface area contributed by atoms with Gasteiger partial charge in [-0.15, -0.1) is 0 Å². The predicted octanol–water partition coefficient (Wildman–Crippen LogP) is 1.21. The van der Waals surface area contributed by atoms with E-state index in [2.05, 4.69) is 4.90 Å². The lowest BCUT2D eigenvalue weighted by Crippen LogP contribution is -2.63. The fraction of sp³-hybridized carbons (Fsp3) is 0.938. The van der Waals surface area contributed by atoms with Gasteiger partial charge in [-0.25, -0.2) is 4.79 Å². The number of aliphatic hydroxyl groups excluding tert-OH is 1. The topological polar surface area (TPSA) is 73.2 Å². The van der Waals surface area contributed by atoms with E-state index in [9.17, 15) is 15.0 Å². The van der Waals surface area contributed by atoms with Crippen LogP contribution in [0.3, 0.4) is 0 Å². The molecule has 22 heavy (non-hydrogen) atoms. The summed E-state index contributed by atoms with van der Waals surface area (Å²) in [6.07, 6.45) is 3.51. The molecule has 0 aromatic heterocycles. The van der Waals surface area contributed by atoms with Gasteiger partial charge in [0.05, 0.1) is 12.2 Å². The number of likely N-dealkylation sites (tertiary alicyclic amines) is 1. The molecule has 0 spiro atoms. The van der Waals surface area contributed by atoms with Crippen molar-refractivity contribution in [2.75, 3.05) is 32.8 Å². The molecule has 2 aliphatic rings. The van der Waals surface area contributed by atoms with Crippen molar-refractivity contribution in [1.82, 2.24) is 9.80 Å². The quantitative estimate of drug-likeness (QED) is 0.798. The predicted molar refractivity (Wildman–Crippen MR) is 83.7 cm³/mol. The van der Waals surface area contributed by atoms with Crippen LogP contribution in [0.2, 0.25) is 0 Å². The zero-order chi connectivity index (χ0) is 16.4. The van der Waals surface area contributed by atoms with Crippen LogP contribution in [-0.2, 0) is 4.74 Å². The zero-order valence-corrected chi connectivity index (χ0v) is 14.0. The van der Waals surface area contributed by atoms with Crippen LogP contribution in [0.5, 0.6) is 0 Å². The number of hydrogen-bond donors (Lipinski definition) is 2. The number of carbonyl (C=O) groups is 1. The largest absolute Gasteiger partial charge is 0.444 e. The molecule has 1 heterocycles. The standard InChI is InChI=1S/C16H30N2O4/c1-15(2,3)22-14(20)18-10-13(11-18)17(8-9-19)12-16(21)6-4-5-7-16/h13,19,21H,4-12H2,1-3H3. The third kappa shape index (κ3) is 4.57. The Bertz CT molecular complexity index is 382. The van der Waals surface area contributed by atoms with Gasteiger partial charge >= 0.3 is 6.09 Å². The van der Waals surface area contributed by atoms with Crippen LogP contribution in [-0.4, -0.2) is 76.1 Å². The first-order valence-corrected chi connectivity index (χ1v) is 8.28. The number of nitrogens with zero attached hydrogens (tertiary/aromatic N) is 2. The molecule has 6 nitrogen and oxygen atoms in total. The van der Waals surface area contributed by atoms with Crippen molar-refractivity contribution in [3.63, 3.8) is 0 Å². The van der Waals surface area contributed by atoms with E-state index in [0.29, 0.717) is 26.2 Å². The zero-order valence-electron chi connectivity index (χ0n) is 14.0. The molecule has 0 radical (unpaired) electrons. The monoisotopic (exact) mass is 314 g/mol. The molecule has 1 amide bonds. The maximum Gasteiger partial charge on any atom is 0.410 e. The Morgan fingerprint density at radius 1 is 1.32 bits per heavy atom. The van der Waals surface area contributed by atoms with Gasteiger partial charge in [-0.1, -0.05) is 12.8 Å². The minimum absolute atomic E-state index is 0.0685. The molecule has 128 valence electrons. The summed E-state index contributed by atoms with van der Waals surface area (Å²) in [4.78, 5) is 15.8. The lowest BCUT2D eigenvalue weighted by atomic mass is 9.99. The molecule has 0 bridgehead atoms. The molecule has 1 aliphatic carbocycles. The van der Waals surface area contributed by atoms with Gasteiger partial charge in [0.1, 0.15) is 5.60 Å². The summed E-state index contributed by atoms with van der Waals surface area (Å²) < 4.78 is 5.35. The van der Waals surface area contributed by atoms with E-state index in [4.69, 9.17) is 4.74 Å². The third-order valence-corrected chi connectivity index (χ3v) is 4.45. The first kappa shape index (κ1) is 17.5. The van der Waals surface area contributed by atoms with Crippen LogP contribution < -0.4 is 0 Å². The number of aliphatic hydroxyl groups is 2. The van der Waals surface area contributed by atoms with Gasteiger partial charge in [-0.05, 0) is 33.6 Å². The van der Waals surface area contributed by atoms with E-state index in [1.54, 1.807) is 4.90 Å². The Kier molecular flexibility index (Phi) is 5.35. The Balaban J connectivity index is 1.83. The number of amides is 1. The molecule has 1 saturated heterocycles. The third-order valence-electron chi connectivity index (χ3n) is 4.45. The Labute approximate surface area is 133 Å². The van der Waals surface area contributed by atoms with Crippen molar-refractivity contribution in [1.29, 1.82) is 0 Å². The van der Waals surface area contributed by atoms with Crippen LogP contribution >= 0.6 is 0 Å². The highest BCUT2D eigenvalue weighted by Crippen LogP contribution is 2.31. The maximum atomic E-state index is 12.0. The van der Waals surface area contributed by atoms with Crippen LogP contribution in [0.1, 0.15) is 46.5 Å². The lowest BCUT2D eigenvalue weighted by molar-refractivity contribution is -0.0492. The average molecular weight is 314 g/mol. The molecular formula is C16H30N2O4. The molecule has 6 heteroatoms. The second-order valence-electron chi connectivity index (χ2n) is 7.66. The Hall–Kier alpha value is -0.850. The van der Waals surface area contributed by atoms with Crippen molar-refractivity contribution in [2.45, 2.75) is 63.7 Å². The van der Waals surface area contributed by atoms with Crippen LogP contribution in [0.25, 0.3) is 0 Å². The smallest absolute Gasteiger partial charge is 0.410 e. The molecule has 0 atom stereocenters. The van der Waals surface area contributed by atoms with Crippen LogP contribution in [0.15, 0.2) is 0 Å². The summed E-state index contributed by atoms with van der Waals surface area (Å²) >= 11 is 0. The van der Waals surface area contributed by atoms with E-state index in [0.717, 1.165) is 25.7 Å². The van der Waals surface area contributed by atoms with Gasteiger partial charge in [0.15, 0.2) is 0 Å². The Morgan fingerprint density at radius 3 is 2.41 bits per heavy atom. The second kappa shape index (κ2) is 6.72. The fourth-order valence-electron chi connectivity index (χ4n) is 3.25. The van der Waals surface area contributed by atoms with E-state index >= 15 is 0 Å². The molecule has 2 N–H and O–H groups in total. The molecular weight excluding hydrogens is 284 g/mol. The SMILES string of the molecule is CC(C)(C)OC(=O)N1CC(N(CCO)CC2(O)CCCC2)C1. The summed E-state index contributed by atoms with van der Waals surface area (Å²) in [7, 11) is 0. The maximum absolute atomic E-state index is 12.0. The van der Waals surface area contributed by atoms with Gasteiger partial charge < -0.3 is 19.8 Å². The van der Waals surface area contributed by atoms with E-state index < -0.39 is 11.2 Å². The average Bonchev–Trinajstić information content (AvgIpc) is 2.71. The number of hydrogen-bond acceptors (Lipinski definition) is 5. The van der Waals surface area contributed by atoms with E-state index in [-0.39, 0.29) is 18.7 Å². The van der Waals surface area contributed by atoms with Gasteiger partial charge in [-0.2, -0.15) is 0 Å². The minimum atomic E-state index is -0.624. The van der Waals surface area contributed by atoms with Gasteiger partial charge in [-0.3, -0.25) is 4.90 Å². The minimum Gasteiger partial charge on any atom is -0.444 e. The summed E-state index contributed by atoms with van der Waals surface area (Å²) in [5.41, 5.74) is -1.10. The highest BCUT2D eigenvalue weighted by atomic mass is 16.6. The van der Waals surface area contributed by atoms with Crippen molar-refractivity contribution in [3.05, 3.63) is 0 Å². The lowest BCUT2D eigenvalue weighted by Gasteiger charge is -2.47. The van der Waals surface area contributed by atoms with Crippen LogP contribution in [0.4, 0.5) is 4.79 Å². The van der Waals surface area contributed by atoms with Gasteiger partial charge in [0, 0.05) is 32.2 Å². The number of carbonyl (C=O) groups excluding carboxylic acids is 1. The van der Waals surface area contributed by atoms with Crippen molar-refractivity contribution >= 4 is 6.09 Å². The second-order valence-corrected chi connectivity index (χ2v) is 7.66. The molecule has 2 rings (SSSR count). The van der Waals surface area contributed by atoms with E-state index in [1.165, 1.54) is 0 Å². The normalized spacial score (nSPS) is 22.0. The first-order chi connectivity index (χ1) is 10.2. The van der Waals surface area contributed by atoms with Gasteiger partial charge in [0.25, 0.3) is 0 Å². The van der Waals surface area contributed by atoms with E-state index in [1.807, 2.05) is 20.8 Å². The van der Waals surface area contributed by atoms with Crippen molar-refractivity contribution in [3.8, 4) is 0 Å². The summed E-state index contributed by atoms with van der Waals surface area (Å²) in [5, 5.41) is 19.8. The highest BCUT2D eigenvalue weighted by Gasteiger charge is 2.40. The number of ether oxygens (including phenoxy) is 1. The molecule has 1 aliphatic heterocycles. The number of rotatable bonds is 5. The van der Waals surface area contributed by atoms with Gasteiger partial charge in [0.2, 0.25) is 0 Å². The van der Waals surface area contributed by atoms with Crippen LogP contribution in [0, 0.1) is 0 Å². The van der Waals surface area contributed by atoms with Crippen molar-refractivity contribution < 1.29 is 19.7 Å². The molecule has 2 fully saturated rings. The summed E-state index contributed by atoms with van der Waals surface area (Å²) in [6, 6.07) is 0.198. The molecule has 1 saturated carbocycles. The summed E-state index contributed by atoms with van der Waals surface area (Å²) in [6.45, 7) is 7.96. The first-order valence-electron chi connectivity index (χ1n) is 8.28. The molecule has 0 unspecified atom stereocenters. The summed E-state index contributed by atoms with van der Waals surface area (Å²) in [5.74, 6) is 0.